The molecule has 0 amide bonds. The fraction of sp³-hybridized carbons (Fsp3) is 0.545. The van der Waals surface area contributed by atoms with Crippen LogP contribution in [-0.2, 0) is 13.0 Å². The van der Waals surface area contributed by atoms with E-state index in [0.717, 1.165) is 68.4 Å². The van der Waals surface area contributed by atoms with Gasteiger partial charge in [0.25, 0.3) is 5.56 Å². The number of nitrogens with one attached hydrogen (secondary N) is 1. The van der Waals surface area contributed by atoms with Crippen molar-refractivity contribution in [2.75, 3.05) is 45.7 Å². The topological polar surface area (TPSA) is 75.0 Å². The van der Waals surface area contributed by atoms with Gasteiger partial charge in [0, 0.05) is 37.9 Å². The summed E-state index contributed by atoms with van der Waals surface area (Å²) < 4.78 is 21.1. The molecule has 8 nitrogen and oxygen atoms in total. The highest BCUT2D eigenvalue weighted by atomic mass is 19.1. The Kier molecular flexibility index (Phi) is 8.21. The highest BCUT2D eigenvalue weighted by molar-refractivity contribution is 5.95. The number of aromatic nitrogens is 2. The molecule has 3 aromatic rings. The number of hydrogen-bond donors (Lipinski definition) is 1. The van der Waals surface area contributed by atoms with Crippen molar-refractivity contribution in [3.63, 3.8) is 0 Å². The number of ether oxygens (including phenoxy) is 1. The average Bonchev–Trinajstić information content (AvgIpc) is 3.21. The summed E-state index contributed by atoms with van der Waals surface area (Å²) in [5, 5.41) is 4.19. The van der Waals surface area contributed by atoms with Crippen molar-refractivity contribution in [3.8, 4) is 5.75 Å². The Labute approximate surface area is 247 Å². The molecule has 2 heterocycles. The fourth-order valence-electron chi connectivity index (χ4n) is 7.15. The smallest absolute Gasteiger partial charge is 0.261 e. The highest BCUT2D eigenvalue weighted by Crippen LogP contribution is 2.54. The number of likely N-dealkylation sites (N-methyl/N-ethyl adjacent to an activating group) is 1. The van der Waals surface area contributed by atoms with Gasteiger partial charge in [-0.15, -0.1) is 0 Å². The predicted octanol–water partition coefficient (Wildman–Crippen LogP) is 4.87. The molecule has 0 spiro atoms. The van der Waals surface area contributed by atoms with Gasteiger partial charge < -0.3 is 19.9 Å². The normalized spacial score (nSPS) is 26.5. The van der Waals surface area contributed by atoms with Gasteiger partial charge in [0.2, 0.25) is 0 Å². The van der Waals surface area contributed by atoms with Gasteiger partial charge in [-0.05, 0) is 92.8 Å². The van der Waals surface area contributed by atoms with Gasteiger partial charge in [-0.1, -0.05) is 19.9 Å². The lowest BCUT2D eigenvalue weighted by Crippen LogP contribution is -2.50. The Balaban J connectivity index is 1.22. The summed E-state index contributed by atoms with van der Waals surface area (Å²) in [5.74, 6) is 4.05. The zero-order chi connectivity index (χ0) is 29.4. The van der Waals surface area contributed by atoms with Crippen molar-refractivity contribution in [1.29, 1.82) is 0 Å². The molecule has 4 aliphatic rings. The van der Waals surface area contributed by atoms with Crippen LogP contribution in [0.5, 0.6) is 5.75 Å². The van der Waals surface area contributed by atoms with E-state index in [1.54, 1.807) is 23.0 Å². The average molecular weight is 575 g/mol. The lowest BCUT2D eigenvalue weighted by Gasteiger charge is -2.54. The third-order valence-corrected chi connectivity index (χ3v) is 10.1. The molecular formula is C33H43FN6O2. The van der Waals surface area contributed by atoms with Crippen LogP contribution in [0, 0.1) is 29.5 Å². The van der Waals surface area contributed by atoms with Gasteiger partial charge in [0.1, 0.15) is 11.6 Å². The van der Waals surface area contributed by atoms with E-state index in [0.29, 0.717) is 47.1 Å². The molecule has 42 heavy (non-hydrogen) atoms. The Morgan fingerprint density at radius 1 is 1.10 bits per heavy atom. The number of benzene rings is 2. The summed E-state index contributed by atoms with van der Waals surface area (Å²) in [4.78, 5) is 28.1. The van der Waals surface area contributed by atoms with Crippen LogP contribution in [0.3, 0.4) is 0 Å². The van der Waals surface area contributed by atoms with Gasteiger partial charge in [-0.3, -0.25) is 9.36 Å². The van der Waals surface area contributed by atoms with Gasteiger partial charge >= 0.3 is 0 Å². The minimum absolute atomic E-state index is 0.130. The molecular weight excluding hydrogens is 531 g/mol. The quantitative estimate of drug-likeness (QED) is 0.335. The second kappa shape index (κ2) is 12.0. The minimum atomic E-state index is -0.338. The van der Waals surface area contributed by atoms with Crippen LogP contribution in [0.4, 0.5) is 10.1 Å². The summed E-state index contributed by atoms with van der Waals surface area (Å²) >= 11 is 0. The molecule has 1 aromatic heterocycles. The van der Waals surface area contributed by atoms with E-state index in [-0.39, 0.29) is 11.4 Å². The number of aliphatic imine (C=N–C) groups is 1. The molecule has 5 atom stereocenters. The number of halogens is 1. The molecule has 4 fully saturated rings. The lowest BCUT2D eigenvalue weighted by molar-refractivity contribution is -0.0288. The number of hydrogen-bond acceptors (Lipinski definition) is 5. The largest absolute Gasteiger partial charge is 0.497 e. The summed E-state index contributed by atoms with van der Waals surface area (Å²) in [5.41, 5.74) is 1.92. The first-order valence-electron chi connectivity index (χ1n) is 15.4. The van der Waals surface area contributed by atoms with Crippen LogP contribution in [-0.4, -0.2) is 71.7 Å². The minimum Gasteiger partial charge on any atom is -0.497 e. The molecule has 1 N–H and O–H groups in total. The molecule has 5 unspecified atom stereocenters. The molecule has 9 heteroatoms. The van der Waals surface area contributed by atoms with Crippen LogP contribution >= 0.6 is 0 Å². The van der Waals surface area contributed by atoms with Crippen molar-refractivity contribution in [1.82, 2.24) is 19.4 Å². The maximum Gasteiger partial charge on any atom is 0.261 e. The van der Waals surface area contributed by atoms with Crippen molar-refractivity contribution in [2.24, 2.45) is 28.7 Å². The fourth-order valence-corrected chi connectivity index (χ4v) is 7.15. The van der Waals surface area contributed by atoms with Gasteiger partial charge in [0.05, 0.1) is 30.4 Å². The van der Waals surface area contributed by atoms with Crippen LogP contribution in [0.15, 0.2) is 52.5 Å². The maximum atomic E-state index is 14.4. The summed E-state index contributed by atoms with van der Waals surface area (Å²) in [6.45, 7) is 9.11. The van der Waals surface area contributed by atoms with Crippen LogP contribution in [0.2, 0.25) is 0 Å². The molecule has 3 aliphatic carbocycles. The number of fused-ring (bicyclic) bond motifs is 3. The number of methoxy groups -OCH3 is 1. The Morgan fingerprint density at radius 3 is 2.71 bits per heavy atom. The van der Waals surface area contributed by atoms with E-state index in [2.05, 4.69) is 41.0 Å². The van der Waals surface area contributed by atoms with Gasteiger partial charge in [-0.25, -0.2) is 14.4 Å². The second-order valence-corrected chi connectivity index (χ2v) is 12.6. The van der Waals surface area contributed by atoms with Crippen LogP contribution in [0.25, 0.3) is 10.9 Å². The first-order valence-corrected chi connectivity index (χ1v) is 15.4. The zero-order valence-electron chi connectivity index (χ0n) is 25.2. The molecule has 3 saturated carbocycles. The van der Waals surface area contributed by atoms with Crippen molar-refractivity contribution < 1.29 is 9.13 Å². The summed E-state index contributed by atoms with van der Waals surface area (Å²) in [7, 11) is 3.69. The van der Waals surface area contributed by atoms with Gasteiger partial charge in [-0.2, -0.15) is 0 Å². The predicted molar refractivity (Wildman–Crippen MR) is 166 cm³/mol. The zero-order valence-corrected chi connectivity index (χ0v) is 25.2. The van der Waals surface area contributed by atoms with Gasteiger partial charge in [0.15, 0.2) is 5.96 Å². The number of rotatable bonds is 6. The number of guanidine groups is 1. The monoisotopic (exact) mass is 574 g/mol. The molecule has 2 aromatic carbocycles. The Morgan fingerprint density at radius 2 is 1.95 bits per heavy atom. The van der Waals surface area contributed by atoms with E-state index in [1.807, 2.05) is 18.2 Å². The SMILES string of the molecule is COc1ccc(CCn2cnc3cc(NC(=NC4CC5CC(C5C)C4C)N4CCCN(C)CC4)ccc3c2=O)c(F)c1. The van der Waals surface area contributed by atoms with Crippen molar-refractivity contribution >= 4 is 22.5 Å². The van der Waals surface area contributed by atoms with E-state index < -0.39 is 0 Å². The molecule has 0 radical (unpaired) electrons. The lowest BCUT2D eigenvalue weighted by atomic mass is 9.52. The maximum absolute atomic E-state index is 14.4. The van der Waals surface area contributed by atoms with Crippen molar-refractivity contribution in [3.05, 3.63) is 64.5 Å². The highest BCUT2D eigenvalue weighted by Gasteiger charge is 2.49. The molecule has 7 rings (SSSR count). The summed E-state index contributed by atoms with van der Waals surface area (Å²) in [6.07, 6.45) is 5.56. The van der Waals surface area contributed by atoms with Crippen molar-refractivity contribution in [2.45, 2.75) is 52.1 Å². The number of anilines is 1. The Bertz CT molecular complexity index is 1520. The Hall–Kier alpha value is -3.46. The summed E-state index contributed by atoms with van der Waals surface area (Å²) in [6, 6.07) is 10.8. The first-order chi connectivity index (χ1) is 20.3. The van der Waals surface area contributed by atoms with E-state index in [1.165, 1.54) is 19.6 Å². The standard InChI is InChI=1S/C33H43FN6O2/c1-21-24-16-28(21)22(2)30(17-24)37-33(39-12-5-11-38(3)14-15-39)36-25-7-9-27-31(18-25)35-20-40(32(27)41)13-10-23-6-8-26(42-4)19-29(23)34/h6-9,18-22,24,28,30H,5,10-17H2,1-4H3,(H,36,37). The molecule has 1 saturated heterocycles. The van der Waals surface area contributed by atoms with E-state index in [9.17, 15) is 9.18 Å². The third-order valence-electron chi connectivity index (χ3n) is 10.1. The molecule has 2 bridgehead atoms. The van der Waals surface area contributed by atoms with E-state index in [4.69, 9.17) is 9.73 Å². The number of aryl methyl sites for hydroxylation is 2. The van der Waals surface area contributed by atoms with Crippen LogP contribution in [0.1, 0.15) is 38.7 Å². The third kappa shape index (κ3) is 5.76. The van der Waals surface area contributed by atoms with Crippen LogP contribution < -0.4 is 15.6 Å². The molecule has 1 aliphatic heterocycles. The second-order valence-electron chi connectivity index (χ2n) is 12.6. The van der Waals surface area contributed by atoms with E-state index >= 15 is 0 Å². The number of nitrogens with zero attached hydrogens (tertiary/aromatic N) is 5. The first kappa shape index (κ1) is 28.6. The molecule has 224 valence electrons.